The van der Waals surface area contributed by atoms with Crippen molar-refractivity contribution in [2.45, 2.75) is 25.4 Å². The van der Waals surface area contributed by atoms with Gasteiger partial charge in [0.2, 0.25) is 0 Å². The fraction of sp³-hybridized carbons (Fsp3) is 1.00. The van der Waals surface area contributed by atoms with Crippen molar-refractivity contribution in [3.63, 3.8) is 0 Å². The van der Waals surface area contributed by atoms with Gasteiger partial charge in [-0.2, -0.15) is 0 Å². The van der Waals surface area contributed by atoms with Crippen molar-refractivity contribution in [2.24, 2.45) is 17.4 Å². The second-order valence-electron chi connectivity index (χ2n) is 3.00. The fourth-order valence-electron chi connectivity index (χ4n) is 0.709. The molecule has 0 aliphatic heterocycles. The Kier molecular flexibility index (Phi) is 4.09. The topological polar surface area (TPSA) is 52.0 Å². The van der Waals surface area contributed by atoms with Gasteiger partial charge in [-0.3, -0.25) is 0 Å². The molecule has 4 N–H and O–H groups in total. The van der Waals surface area contributed by atoms with Crippen LogP contribution in [0.4, 0.5) is 0 Å². The average molecular weight is 146 g/mol. The van der Waals surface area contributed by atoms with Gasteiger partial charge in [-0.15, -0.1) is 0 Å². The van der Waals surface area contributed by atoms with Crippen molar-refractivity contribution in [1.29, 1.82) is 0 Å². The number of hydrogen-bond donors (Lipinski definition) is 2. The third kappa shape index (κ3) is 2.98. The van der Waals surface area contributed by atoms with Crippen molar-refractivity contribution in [3.05, 3.63) is 0 Å². The molecule has 0 spiro atoms. The van der Waals surface area contributed by atoms with Gasteiger partial charge >= 0.3 is 0 Å². The van der Waals surface area contributed by atoms with E-state index >= 15 is 0 Å². The third-order valence-corrected chi connectivity index (χ3v) is 4.19. The molecule has 56 valence electrons. The zero-order valence-electron chi connectivity index (χ0n) is 6.59. The van der Waals surface area contributed by atoms with Crippen LogP contribution in [-0.4, -0.2) is 22.8 Å². The van der Waals surface area contributed by atoms with Gasteiger partial charge in [-0.05, 0) is 11.5 Å². The van der Waals surface area contributed by atoms with Crippen LogP contribution >= 0.6 is 0 Å². The minimum Gasteiger partial charge on any atom is -0.329 e. The molecule has 0 aliphatic carbocycles. The normalized spacial score (nSPS) is 18.3. The Morgan fingerprint density at radius 3 is 2.00 bits per heavy atom. The zero-order valence-corrected chi connectivity index (χ0v) is 8.59. The van der Waals surface area contributed by atoms with Gasteiger partial charge in [0.25, 0.3) is 0 Å². The maximum absolute atomic E-state index is 5.73. The van der Waals surface area contributed by atoms with Gasteiger partial charge in [-0.1, -0.05) is 13.8 Å². The van der Waals surface area contributed by atoms with Crippen LogP contribution in [0.5, 0.6) is 0 Å². The SMILES string of the molecule is CC(C)C([SiH3])C(N)CN. The first-order valence-corrected chi connectivity index (χ1v) is 4.70. The van der Waals surface area contributed by atoms with Crippen LogP contribution < -0.4 is 11.5 Å². The molecule has 0 aliphatic rings. The maximum atomic E-state index is 5.73. The number of hydrogen-bond acceptors (Lipinski definition) is 2. The molecule has 0 aromatic heterocycles. The predicted molar refractivity (Wildman–Crippen MR) is 45.6 cm³/mol. The molecular weight excluding hydrogens is 128 g/mol. The summed E-state index contributed by atoms with van der Waals surface area (Å²) in [6.45, 7) is 5.03. The Hall–Kier alpha value is 0.137. The highest BCUT2D eigenvalue weighted by Crippen LogP contribution is 2.14. The summed E-state index contributed by atoms with van der Waals surface area (Å²) in [6.07, 6.45) is 0. The predicted octanol–water partition coefficient (Wildman–Crippen LogP) is -0.918. The summed E-state index contributed by atoms with van der Waals surface area (Å²) in [4.78, 5) is 0. The van der Waals surface area contributed by atoms with E-state index in [1.165, 1.54) is 0 Å². The van der Waals surface area contributed by atoms with E-state index in [0.29, 0.717) is 18.0 Å². The molecule has 0 aromatic rings. The molecule has 0 saturated carbocycles. The lowest BCUT2D eigenvalue weighted by atomic mass is 10.0. The molecule has 0 radical (unpaired) electrons. The van der Waals surface area contributed by atoms with E-state index in [9.17, 15) is 0 Å². The molecule has 0 aromatic carbocycles. The number of nitrogens with two attached hydrogens (primary N) is 2. The highest BCUT2D eigenvalue weighted by molar-refractivity contribution is 6.12. The van der Waals surface area contributed by atoms with Crippen LogP contribution in [0, 0.1) is 5.92 Å². The molecule has 0 rings (SSSR count). The lowest BCUT2D eigenvalue weighted by molar-refractivity contribution is 0.501. The smallest absolute Gasteiger partial charge is 0.0161 e. The second-order valence-corrected chi connectivity index (χ2v) is 4.34. The Balaban J connectivity index is 3.58. The minimum atomic E-state index is 0.233. The van der Waals surface area contributed by atoms with Crippen molar-refractivity contribution >= 4 is 10.2 Å². The molecule has 0 fully saturated rings. The van der Waals surface area contributed by atoms with E-state index in [0.717, 1.165) is 10.2 Å². The van der Waals surface area contributed by atoms with Gasteiger partial charge in [0.05, 0.1) is 0 Å². The van der Waals surface area contributed by atoms with Crippen molar-refractivity contribution in [1.82, 2.24) is 0 Å². The monoisotopic (exact) mass is 146 g/mol. The Morgan fingerprint density at radius 2 is 1.89 bits per heavy atom. The van der Waals surface area contributed by atoms with E-state index in [-0.39, 0.29) is 6.04 Å². The molecule has 0 heterocycles. The van der Waals surface area contributed by atoms with Crippen LogP contribution in [0.25, 0.3) is 0 Å². The van der Waals surface area contributed by atoms with Crippen LogP contribution in [0.15, 0.2) is 0 Å². The van der Waals surface area contributed by atoms with Gasteiger partial charge in [0.1, 0.15) is 0 Å². The highest BCUT2D eigenvalue weighted by Gasteiger charge is 2.13. The Bertz CT molecular complexity index is 75.5. The summed E-state index contributed by atoms with van der Waals surface area (Å²) in [5, 5.41) is 0. The van der Waals surface area contributed by atoms with E-state index < -0.39 is 0 Å². The molecule has 0 amide bonds. The van der Waals surface area contributed by atoms with E-state index in [1.807, 2.05) is 0 Å². The molecule has 9 heavy (non-hydrogen) atoms. The number of rotatable bonds is 3. The average Bonchev–Trinajstić information content (AvgIpc) is 1.84. The summed E-state index contributed by atoms with van der Waals surface area (Å²) in [7, 11) is 1.16. The summed E-state index contributed by atoms with van der Waals surface area (Å²) < 4.78 is 0. The standard InChI is InChI=1S/C6H18N2Si/c1-4(2)6(9)5(8)3-7/h4-6H,3,7-8H2,1-2,9H3. The van der Waals surface area contributed by atoms with Crippen LogP contribution in [-0.2, 0) is 0 Å². The summed E-state index contributed by atoms with van der Waals surface area (Å²) in [5.74, 6) is 0.704. The lowest BCUT2D eigenvalue weighted by Crippen LogP contribution is -2.36. The first-order chi connectivity index (χ1) is 4.09. The largest absolute Gasteiger partial charge is 0.329 e. The van der Waals surface area contributed by atoms with Crippen LogP contribution in [0.1, 0.15) is 13.8 Å². The van der Waals surface area contributed by atoms with Crippen molar-refractivity contribution < 1.29 is 0 Å². The molecule has 2 unspecified atom stereocenters. The quantitative estimate of drug-likeness (QED) is 0.506. The van der Waals surface area contributed by atoms with E-state index in [2.05, 4.69) is 13.8 Å². The van der Waals surface area contributed by atoms with Gasteiger partial charge in [-0.25, -0.2) is 0 Å². The molecule has 3 heteroatoms. The summed E-state index contributed by atoms with van der Waals surface area (Å²) in [6, 6.07) is 0.233. The highest BCUT2D eigenvalue weighted by atomic mass is 28.1. The van der Waals surface area contributed by atoms with Crippen molar-refractivity contribution in [3.8, 4) is 0 Å². The van der Waals surface area contributed by atoms with Gasteiger partial charge in [0.15, 0.2) is 0 Å². The van der Waals surface area contributed by atoms with Gasteiger partial charge in [0, 0.05) is 22.8 Å². The van der Waals surface area contributed by atoms with Crippen LogP contribution in [0.2, 0.25) is 5.54 Å². The first-order valence-electron chi connectivity index (χ1n) is 3.55. The minimum absolute atomic E-state index is 0.233. The molecular formula is C6H18N2Si. The fourth-order valence-corrected chi connectivity index (χ4v) is 0.981. The summed E-state index contributed by atoms with van der Waals surface area (Å²) >= 11 is 0. The zero-order chi connectivity index (χ0) is 7.44. The van der Waals surface area contributed by atoms with Crippen molar-refractivity contribution in [2.75, 3.05) is 6.54 Å². The third-order valence-electron chi connectivity index (χ3n) is 2.00. The Morgan fingerprint density at radius 1 is 1.44 bits per heavy atom. The van der Waals surface area contributed by atoms with Crippen LogP contribution in [0.3, 0.4) is 0 Å². The summed E-state index contributed by atoms with van der Waals surface area (Å²) in [5.41, 5.74) is 11.8. The molecule has 2 nitrogen and oxygen atoms in total. The maximum Gasteiger partial charge on any atom is 0.0161 e. The van der Waals surface area contributed by atoms with Gasteiger partial charge < -0.3 is 11.5 Å². The second kappa shape index (κ2) is 4.03. The molecule has 2 atom stereocenters. The van der Waals surface area contributed by atoms with E-state index in [4.69, 9.17) is 11.5 Å². The lowest BCUT2D eigenvalue weighted by Gasteiger charge is -2.21. The Labute approximate surface area is 60.4 Å². The van der Waals surface area contributed by atoms with E-state index in [1.54, 1.807) is 0 Å². The first kappa shape index (κ1) is 9.14. The molecule has 0 bridgehead atoms. The molecule has 0 saturated heterocycles.